The summed E-state index contributed by atoms with van der Waals surface area (Å²) in [5.74, 6) is -1.77. The molecule has 1 aliphatic carbocycles. The number of hydrogen-bond donors (Lipinski definition) is 4. The first-order valence-corrected chi connectivity index (χ1v) is 20.9. The van der Waals surface area contributed by atoms with Crippen molar-refractivity contribution in [1.29, 1.82) is 0 Å². The molecule has 2 aromatic carbocycles. The van der Waals surface area contributed by atoms with Gasteiger partial charge >= 0.3 is 0 Å². The highest BCUT2D eigenvalue weighted by Gasteiger charge is 2.45. The second-order valence-electron chi connectivity index (χ2n) is 16.7. The zero-order valence-corrected chi connectivity index (χ0v) is 33.7. The average Bonchev–Trinajstić information content (AvgIpc) is 3.91. The molecule has 16 nitrogen and oxygen atoms in total. The number of rotatable bonds is 13. The van der Waals surface area contributed by atoms with Crippen molar-refractivity contribution < 1.29 is 38.3 Å². The molecule has 5 heterocycles. The van der Waals surface area contributed by atoms with Crippen LogP contribution in [0.3, 0.4) is 0 Å². The number of imide groups is 2. The van der Waals surface area contributed by atoms with Gasteiger partial charge in [-0.2, -0.15) is 0 Å². The lowest BCUT2D eigenvalue weighted by molar-refractivity contribution is -0.136. The highest BCUT2D eigenvalue weighted by atomic mass is 16.5. The minimum Gasteiger partial charge on any atom is -0.484 e. The number of ether oxygens (including phenoxy) is 1. The van der Waals surface area contributed by atoms with Crippen LogP contribution in [0, 0.1) is 11.3 Å². The standard InChI is InChI=1S/C44H50N8O8/c1-26-4-3-19-51(26)24-36-47-33-9-6-29(22-34(33)48-36)46-39(55)28-12-17-44(18-13-28,43(45)59)16-2-5-27-14-20-50(21-15-27)38(54)25-60-30-7-8-31-32(23-30)42(58)52(41(31)57)35-10-11-37(53)49-40(35)56/h6-9,12-13,17,22-23,26-27,35H,2-5,10-11,14-16,18-21,24-25H2,1H3,(H2,45,59)(H,46,55)(H,47,48)(H,49,53,56)/t26-,35?,44?/m0/s1. The van der Waals surface area contributed by atoms with Crippen LogP contribution in [0.4, 0.5) is 5.69 Å². The number of benzene rings is 2. The summed E-state index contributed by atoms with van der Waals surface area (Å²) < 4.78 is 5.75. The summed E-state index contributed by atoms with van der Waals surface area (Å²) in [6, 6.07) is 9.45. The predicted octanol–water partition coefficient (Wildman–Crippen LogP) is 3.73. The number of nitrogens with one attached hydrogen (secondary N) is 3. The Morgan fingerprint density at radius 3 is 2.50 bits per heavy atom. The molecular weight excluding hydrogens is 769 g/mol. The average molecular weight is 819 g/mol. The van der Waals surface area contributed by atoms with Crippen LogP contribution in [-0.4, -0.2) is 104 Å². The van der Waals surface area contributed by atoms with Gasteiger partial charge in [-0.1, -0.05) is 31.1 Å². The van der Waals surface area contributed by atoms with E-state index in [1.807, 2.05) is 18.2 Å². The molecule has 3 fully saturated rings. The van der Waals surface area contributed by atoms with Crippen molar-refractivity contribution in [1.82, 2.24) is 30.0 Å². The van der Waals surface area contributed by atoms with Crippen LogP contribution in [0.25, 0.3) is 11.0 Å². The normalized spacial score (nSPS) is 23.5. The molecule has 1 aromatic heterocycles. The number of piperidine rings is 2. The predicted molar refractivity (Wildman–Crippen MR) is 219 cm³/mol. The number of fused-ring (bicyclic) bond motifs is 2. The first-order chi connectivity index (χ1) is 28.9. The number of likely N-dealkylation sites (tertiary alicyclic amines) is 2. The van der Waals surface area contributed by atoms with E-state index < -0.39 is 41.0 Å². The Hall–Kier alpha value is -6.16. The molecule has 8 rings (SSSR count). The number of aromatic nitrogens is 2. The van der Waals surface area contributed by atoms with Crippen molar-refractivity contribution in [3.63, 3.8) is 0 Å². The molecule has 314 valence electrons. The molecule has 5 aliphatic rings. The lowest BCUT2D eigenvalue weighted by Gasteiger charge is -2.33. The SMILES string of the molecule is C[C@H]1CCCN1Cc1nc2ccc(NC(=O)C3=CCC(CCCC4CCN(C(=O)COc5ccc6c(c5)C(=O)N(C5CCC(=O)NC5=O)C6=O)CC4)(C(N)=O)C=C3)cc2[nH]1. The Bertz CT molecular complexity index is 2330. The third-order valence-electron chi connectivity index (χ3n) is 12.8. The number of nitrogens with two attached hydrogens (primary N) is 1. The zero-order valence-electron chi connectivity index (χ0n) is 33.7. The molecule has 3 atom stereocenters. The molecule has 0 radical (unpaired) electrons. The summed E-state index contributed by atoms with van der Waals surface area (Å²) >= 11 is 0. The van der Waals surface area contributed by atoms with E-state index in [1.54, 1.807) is 23.1 Å². The highest BCUT2D eigenvalue weighted by Crippen LogP contribution is 2.37. The number of nitrogens with zero attached hydrogens (tertiary/aromatic N) is 4. The second kappa shape index (κ2) is 16.8. The number of H-pyrrole nitrogens is 1. The van der Waals surface area contributed by atoms with Gasteiger partial charge in [0.1, 0.15) is 17.6 Å². The van der Waals surface area contributed by atoms with E-state index in [-0.39, 0.29) is 48.1 Å². The Morgan fingerprint density at radius 2 is 1.78 bits per heavy atom. The highest BCUT2D eigenvalue weighted by molar-refractivity contribution is 6.23. The van der Waals surface area contributed by atoms with E-state index >= 15 is 0 Å². The Balaban J connectivity index is 0.770. The fraction of sp³-hybridized carbons (Fsp3) is 0.455. The molecule has 16 heteroatoms. The molecule has 2 unspecified atom stereocenters. The molecule has 7 amide bonds. The van der Waals surface area contributed by atoms with Crippen LogP contribution in [0.5, 0.6) is 5.75 Å². The maximum Gasteiger partial charge on any atom is 0.262 e. The van der Waals surface area contributed by atoms with E-state index in [4.69, 9.17) is 15.5 Å². The topological polar surface area (TPSA) is 217 Å². The Morgan fingerprint density at radius 1 is 0.983 bits per heavy atom. The number of anilines is 1. The number of carbonyl (C=O) groups is 7. The third-order valence-corrected chi connectivity index (χ3v) is 12.8. The van der Waals surface area contributed by atoms with E-state index in [9.17, 15) is 33.6 Å². The molecule has 0 spiro atoms. The van der Waals surface area contributed by atoms with Crippen molar-refractivity contribution in [2.75, 3.05) is 31.6 Å². The van der Waals surface area contributed by atoms with Gasteiger partial charge in [-0.15, -0.1) is 0 Å². The van der Waals surface area contributed by atoms with Gasteiger partial charge in [-0.25, -0.2) is 4.98 Å². The molecule has 0 bridgehead atoms. The van der Waals surface area contributed by atoms with E-state index in [0.717, 1.165) is 60.5 Å². The molecular formula is C44H50N8O8. The fourth-order valence-corrected chi connectivity index (χ4v) is 9.13. The van der Waals surface area contributed by atoms with Crippen molar-refractivity contribution in [3.05, 3.63) is 77.2 Å². The van der Waals surface area contributed by atoms with Gasteiger partial charge in [-0.3, -0.25) is 48.7 Å². The molecule has 3 aromatic rings. The molecule has 4 aliphatic heterocycles. The number of hydrogen-bond acceptors (Lipinski definition) is 10. The maximum absolute atomic E-state index is 13.2. The van der Waals surface area contributed by atoms with Crippen LogP contribution in [0.15, 0.2) is 60.2 Å². The van der Waals surface area contributed by atoms with Gasteiger partial charge in [0.25, 0.3) is 23.6 Å². The fourth-order valence-electron chi connectivity index (χ4n) is 9.13. The number of aromatic amines is 1. The smallest absolute Gasteiger partial charge is 0.262 e. The zero-order chi connectivity index (χ0) is 42.1. The number of imidazole rings is 1. The van der Waals surface area contributed by atoms with Crippen molar-refractivity contribution in [2.24, 2.45) is 17.1 Å². The molecule has 60 heavy (non-hydrogen) atoms. The van der Waals surface area contributed by atoms with Gasteiger partial charge in [0, 0.05) is 36.8 Å². The summed E-state index contributed by atoms with van der Waals surface area (Å²) in [6.45, 7) is 4.94. The van der Waals surface area contributed by atoms with Gasteiger partial charge in [0.15, 0.2) is 6.61 Å². The summed E-state index contributed by atoms with van der Waals surface area (Å²) in [7, 11) is 0. The van der Waals surface area contributed by atoms with Crippen LogP contribution in [0.1, 0.15) is 97.7 Å². The largest absolute Gasteiger partial charge is 0.484 e. The Labute approximate surface area is 346 Å². The first kappa shape index (κ1) is 40.6. The number of carbonyl (C=O) groups excluding carboxylic acids is 7. The molecule has 5 N–H and O–H groups in total. The van der Waals surface area contributed by atoms with Crippen LogP contribution < -0.4 is 21.1 Å². The van der Waals surface area contributed by atoms with Gasteiger partial charge in [0.05, 0.1) is 34.1 Å². The number of primary amides is 1. The quantitative estimate of drug-likeness (QED) is 0.183. The van der Waals surface area contributed by atoms with Crippen LogP contribution in [-0.2, 0) is 30.5 Å². The first-order valence-electron chi connectivity index (χ1n) is 20.9. The minimum absolute atomic E-state index is 0.0267. The summed E-state index contributed by atoms with van der Waals surface area (Å²) in [4.78, 5) is 102. The number of allylic oxidation sites excluding steroid dienone is 1. The van der Waals surface area contributed by atoms with E-state index in [0.29, 0.717) is 49.2 Å². The molecule has 0 saturated carbocycles. The van der Waals surface area contributed by atoms with Crippen LogP contribution >= 0.6 is 0 Å². The van der Waals surface area contributed by atoms with Crippen molar-refractivity contribution in [3.8, 4) is 5.75 Å². The van der Waals surface area contributed by atoms with Crippen LogP contribution in [0.2, 0.25) is 0 Å². The van der Waals surface area contributed by atoms with Gasteiger partial charge < -0.3 is 25.7 Å². The Kier molecular flexibility index (Phi) is 11.4. The summed E-state index contributed by atoms with van der Waals surface area (Å²) in [6.07, 6.45) is 11.8. The summed E-state index contributed by atoms with van der Waals surface area (Å²) in [5.41, 5.74) is 8.09. The number of amides is 7. The lowest BCUT2D eigenvalue weighted by atomic mass is 9.74. The monoisotopic (exact) mass is 818 g/mol. The van der Waals surface area contributed by atoms with E-state index in [2.05, 4.69) is 27.4 Å². The minimum atomic E-state index is -1.07. The lowest BCUT2D eigenvalue weighted by Crippen LogP contribution is -2.54. The van der Waals surface area contributed by atoms with Gasteiger partial charge in [0.2, 0.25) is 17.7 Å². The van der Waals surface area contributed by atoms with Gasteiger partial charge in [-0.05, 0) is 101 Å². The van der Waals surface area contributed by atoms with E-state index in [1.165, 1.54) is 31.0 Å². The van der Waals surface area contributed by atoms with Crippen molar-refractivity contribution in [2.45, 2.75) is 89.8 Å². The second-order valence-corrected chi connectivity index (χ2v) is 16.7. The maximum atomic E-state index is 13.2. The van der Waals surface area contributed by atoms with Crippen molar-refractivity contribution >= 4 is 58.1 Å². The molecule has 3 saturated heterocycles. The third kappa shape index (κ3) is 8.33. The summed E-state index contributed by atoms with van der Waals surface area (Å²) in [5, 5.41) is 5.15.